The Balaban J connectivity index is 1.45. The van der Waals surface area contributed by atoms with E-state index in [1.807, 2.05) is 49.4 Å². The third-order valence-corrected chi connectivity index (χ3v) is 7.14. The van der Waals surface area contributed by atoms with Gasteiger partial charge < -0.3 is 29.4 Å². The lowest BCUT2D eigenvalue weighted by molar-refractivity contribution is 0.0357. The van der Waals surface area contributed by atoms with E-state index >= 15 is 0 Å². The molecule has 2 aromatic carbocycles. The number of hydrogen-bond acceptors (Lipinski definition) is 6. The Bertz CT molecular complexity index is 1270. The number of thiocarbonyl (C=S) groups is 1. The number of H-pyrrole nitrogens is 1. The second kappa shape index (κ2) is 12.9. The van der Waals surface area contributed by atoms with Crippen LogP contribution in [0.5, 0.6) is 11.5 Å². The number of pyridine rings is 1. The summed E-state index contributed by atoms with van der Waals surface area (Å²) in [6.07, 6.45) is 0.771. The molecule has 2 N–H and O–H groups in total. The summed E-state index contributed by atoms with van der Waals surface area (Å²) in [5.74, 6) is 1.42. The van der Waals surface area contributed by atoms with Gasteiger partial charge in [0, 0.05) is 38.3 Å². The zero-order chi connectivity index (χ0) is 26.2. The maximum Gasteiger partial charge on any atom is 0.253 e. The molecule has 0 atom stereocenters. The van der Waals surface area contributed by atoms with E-state index in [4.69, 9.17) is 26.4 Å². The van der Waals surface area contributed by atoms with Crippen LogP contribution in [0.1, 0.15) is 16.7 Å². The summed E-state index contributed by atoms with van der Waals surface area (Å²) in [6.45, 7) is 7.98. The highest BCUT2D eigenvalue weighted by molar-refractivity contribution is 7.80. The topological polar surface area (TPSA) is 79.1 Å². The minimum atomic E-state index is -0.0775. The van der Waals surface area contributed by atoms with Gasteiger partial charge in [-0.3, -0.25) is 9.69 Å². The van der Waals surface area contributed by atoms with E-state index in [9.17, 15) is 4.79 Å². The number of aromatic nitrogens is 1. The number of aryl methyl sites for hydroxylation is 1. The fourth-order valence-electron chi connectivity index (χ4n) is 4.55. The van der Waals surface area contributed by atoms with E-state index in [1.165, 1.54) is 0 Å². The molecule has 1 saturated heterocycles. The summed E-state index contributed by atoms with van der Waals surface area (Å²) in [5, 5.41) is 5.06. The first-order valence-corrected chi connectivity index (χ1v) is 13.0. The first-order chi connectivity index (χ1) is 18.0. The van der Waals surface area contributed by atoms with Gasteiger partial charge in [0.2, 0.25) is 0 Å². The Labute approximate surface area is 223 Å². The molecule has 0 bridgehead atoms. The van der Waals surface area contributed by atoms with E-state index in [2.05, 4.69) is 20.1 Å². The van der Waals surface area contributed by atoms with Crippen LogP contribution in [0.25, 0.3) is 10.9 Å². The lowest BCUT2D eigenvalue weighted by atomic mass is 10.1. The van der Waals surface area contributed by atoms with E-state index in [0.29, 0.717) is 41.8 Å². The van der Waals surface area contributed by atoms with Gasteiger partial charge in [-0.25, -0.2) is 0 Å². The van der Waals surface area contributed by atoms with Gasteiger partial charge in [-0.2, -0.15) is 0 Å². The summed E-state index contributed by atoms with van der Waals surface area (Å²) in [6, 6.07) is 13.9. The van der Waals surface area contributed by atoms with Gasteiger partial charge in [0.05, 0.1) is 39.5 Å². The molecule has 1 aliphatic heterocycles. The van der Waals surface area contributed by atoms with Crippen LogP contribution < -0.4 is 20.3 Å². The van der Waals surface area contributed by atoms with Crippen molar-refractivity contribution in [3.05, 3.63) is 69.5 Å². The van der Waals surface area contributed by atoms with Crippen molar-refractivity contribution in [1.82, 2.24) is 20.1 Å². The van der Waals surface area contributed by atoms with Crippen molar-refractivity contribution in [3.63, 3.8) is 0 Å². The minimum Gasteiger partial charge on any atom is -0.493 e. The molecule has 37 heavy (non-hydrogen) atoms. The fourth-order valence-corrected chi connectivity index (χ4v) is 4.81. The zero-order valence-corrected chi connectivity index (χ0v) is 22.7. The Morgan fingerprint density at radius 1 is 1.14 bits per heavy atom. The van der Waals surface area contributed by atoms with Crippen molar-refractivity contribution in [2.45, 2.75) is 19.9 Å². The van der Waals surface area contributed by atoms with Crippen molar-refractivity contribution < 1.29 is 14.2 Å². The molecular formula is C28H36N4O4S. The summed E-state index contributed by atoms with van der Waals surface area (Å²) in [7, 11) is 3.27. The zero-order valence-electron chi connectivity index (χ0n) is 21.8. The molecular weight excluding hydrogens is 488 g/mol. The molecule has 8 nitrogen and oxygen atoms in total. The van der Waals surface area contributed by atoms with Crippen LogP contribution in [0.15, 0.2) is 47.3 Å². The van der Waals surface area contributed by atoms with Crippen molar-refractivity contribution in [2.24, 2.45) is 0 Å². The second-order valence-electron chi connectivity index (χ2n) is 9.21. The smallest absolute Gasteiger partial charge is 0.253 e. The Morgan fingerprint density at radius 2 is 1.92 bits per heavy atom. The number of fused-ring (bicyclic) bond motifs is 1. The third-order valence-electron chi connectivity index (χ3n) is 6.74. The summed E-state index contributed by atoms with van der Waals surface area (Å²) < 4.78 is 16.2. The number of benzene rings is 2. The van der Waals surface area contributed by atoms with Crippen molar-refractivity contribution >= 4 is 28.2 Å². The summed E-state index contributed by atoms with van der Waals surface area (Å²) in [4.78, 5) is 20.5. The van der Waals surface area contributed by atoms with Crippen LogP contribution in [-0.2, 0) is 17.7 Å². The lowest BCUT2D eigenvalue weighted by Crippen LogP contribution is -2.46. The molecule has 2 heterocycles. The van der Waals surface area contributed by atoms with Crippen LogP contribution in [0.3, 0.4) is 0 Å². The molecule has 0 saturated carbocycles. The van der Waals surface area contributed by atoms with Gasteiger partial charge in [-0.15, -0.1) is 0 Å². The normalized spacial score (nSPS) is 13.9. The molecule has 198 valence electrons. The number of rotatable bonds is 10. The highest BCUT2D eigenvalue weighted by atomic mass is 32.1. The highest BCUT2D eigenvalue weighted by Gasteiger charge is 2.17. The molecule has 0 spiro atoms. The molecule has 0 radical (unpaired) electrons. The number of ether oxygens (including phenoxy) is 3. The number of para-hydroxylation sites is 1. The Kier molecular flexibility index (Phi) is 9.38. The average Bonchev–Trinajstić information content (AvgIpc) is 2.92. The number of hydrogen-bond donors (Lipinski definition) is 2. The second-order valence-corrected chi connectivity index (χ2v) is 9.60. The lowest BCUT2D eigenvalue weighted by Gasteiger charge is -2.31. The molecule has 3 aromatic rings. The van der Waals surface area contributed by atoms with Gasteiger partial charge in [0.25, 0.3) is 5.56 Å². The predicted molar refractivity (Wildman–Crippen MR) is 151 cm³/mol. The molecule has 0 aliphatic carbocycles. The SMILES string of the molecule is COc1ccc(CCNC(=S)N(CCN2CCOCC2)Cc2cc3cccc(C)c3[nH]c2=O)cc1OC. The van der Waals surface area contributed by atoms with Gasteiger partial charge in [0.15, 0.2) is 16.6 Å². The van der Waals surface area contributed by atoms with E-state index < -0.39 is 0 Å². The summed E-state index contributed by atoms with van der Waals surface area (Å²) in [5.41, 5.74) is 3.67. The van der Waals surface area contributed by atoms with Crippen LogP contribution in [0.2, 0.25) is 0 Å². The first-order valence-electron chi connectivity index (χ1n) is 12.6. The summed E-state index contributed by atoms with van der Waals surface area (Å²) >= 11 is 5.82. The number of morpholine rings is 1. The van der Waals surface area contributed by atoms with Crippen LogP contribution >= 0.6 is 12.2 Å². The molecule has 0 amide bonds. The van der Waals surface area contributed by atoms with Gasteiger partial charge in [-0.05, 0) is 60.3 Å². The third kappa shape index (κ3) is 7.00. The molecule has 9 heteroatoms. The molecule has 4 rings (SSSR count). The van der Waals surface area contributed by atoms with Gasteiger partial charge in [0.1, 0.15) is 0 Å². The Hall–Kier alpha value is -3.14. The van der Waals surface area contributed by atoms with E-state index in [0.717, 1.165) is 61.3 Å². The minimum absolute atomic E-state index is 0.0775. The van der Waals surface area contributed by atoms with Gasteiger partial charge in [-0.1, -0.05) is 24.3 Å². The number of methoxy groups -OCH3 is 2. The van der Waals surface area contributed by atoms with Gasteiger partial charge >= 0.3 is 0 Å². The van der Waals surface area contributed by atoms with E-state index in [-0.39, 0.29) is 5.56 Å². The molecule has 1 aromatic heterocycles. The fraction of sp³-hybridized carbons (Fsp3) is 0.429. The number of nitrogens with one attached hydrogen (secondary N) is 2. The number of aromatic amines is 1. The van der Waals surface area contributed by atoms with Crippen molar-refractivity contribution in [1.29, 1.82) is 0 Å². The quantitative estimate of drug-likeness (QED) is 0.392. The maximum absolute atomic E-state index is 13.0. The standard InChI is InChI=1S/C28H36N4O4S/c1-20-5-4-6-22-18-23(27(33)30-26(20)22)19-32(12-11-31-13-15-36-16-14-31)28(37)29-10-9-21-7-8-24(34-2)25(17-21)35-3/h4-8,17-18H,9-16,19H2,1-3H3,(H,29,37)(H,30,33). The first kappa shape index (κ1) is 26.9. The Morgan fingerprint density at radius 3 is 2.68 bits per heavy atom. The largest absolute Gasteiger partial charge is 0.493 e. The highest BCUT2D eigenvalue weighted by Crippen LogP contribution is 2.27. The average molecular weight is 525 g/mol. The molecule has 1 fully saturated rings. The van der Waals surface area contributed by atoms with Crippen LogP contribution in [0.4, 0.5) is 0 Å². The predicted octanol–water partition coefficient (Wildman–Crippen LogP) is 3.11. The molecule has 0 unspecified atom stereocenters. The monoisotopic (exact) mass is 524 g/mol. The van der Waals surface area contributed by atoms with E-state index in [1.54, 1.807) is 14.2 Å². The molecule has 1 aliphatic rings. The number of nitrogens with zero attached hydrogens (tertiary/aromatic N) is 2. The van der Waals surface area contributed by atoms with Crippen molar-refractivity contribution in [3.8, 4) is 11.5 Å². The van der Waals surface area contributed by atoms with Crippen molar-refractivity contribution in [2.75, 3.05) is 60.2 Å². The van der Waals surface area contributed by atoms with Crippen LogP contribution in [0, 0.1) is 6.92 Å². The van der Waals surface area contributed by atoms with Crippen LogP contribution in [-0.4, -0.2) is 80.1 Å². The maximum atomic E-state index is 13.0.